The van der Waals surface area contributed by atoms with Gasteiger partial charge in [0.15, 0.2) is 6.29 Å². The molecule has 1 aliphatic rings. The molecular formula is C30H34O7. The van der Waals surface area contributed by atoms with Gasteiger partial charge in [-0.25, -0.2) is 0 Å². The van der Waals surface area contributed by atoms with Crippen molar-refractivity contribution < 1.29 is 33.6 Å². The second kappa shape index (κ2) is 14.0. The molecule has 0 radical (unpaired) electrons. The highest BCUT2D eigenvalue weighted by molar-refractivity contribution is 5.67. The fourth-order valence-electron chi connectivity index (χ4n) is 4.58. The second-order valence-corrected chi connectivity index (χ2v) is 9.06. The van der Waals surface area contributed by atoms with Crippen LogP contribution in [0.2, 0.25) is 0 Å². The van der Waals surface area contributed by atoms with Gasteiger partial charge in [0.2, 0.25) is 0 Å². The Morgan fingerprint density at radius 3 is 1.73 bits per heavy atom. The van der Waals surface area contributed by atoms with E-state index in [2.05, 4.69) is 0 Å². The van der Waals surface area contributed by atoms with E-state index in [4.69, 9.17) is 23.7 Å². The number of ether oxygens (including phenoxy) is 5. The lowest BCUT2D eigenvalue weighted by atomic mass is 9.85. The molecule has 37 heavy (non-hydrogen) atoms. The van der Waals surface area contributed by atoms with Crippen molar-refractivity contribution in [3.8, 4) is 0 Å². The number of hydrogen-bond acceptors (Lipinski definition) is 6. The molecule has 1 aliphatic heterocycles. The molecule has 0 spiro atoms. The third-order valence-electron chi connectivity index (χ3n) is 6.39. The van der Waals surface area contributed by atoms with E-state index in [1.165, 1.54) is 7.11 Å². The van der Waals surface area contributed by atoms with E-state index in [0.29, 0.717) is 19.8 Å². The molecule has 4 rings (SSSR count). The normalized spacial score (nSPS) is 23.5. The first-order valence-corrected chi connectivity index (χ1v) is 12.5. The van der Waals surface area contributed by atoms with Crippen molar-refractivity contribution in [3.63, 3.8) is 0 Å². The predicted octanol–water partition coefficient (Wildman–Crippen LogP) is 4.84. The molecule has 0 saturated carbocycles. The highest BCUT2D eigenvalue weighted by atomic mass is 16.7. The van der Waals surface area contributed by atoms with Crippen LogP contribution in [0.4, 0.5) is 0 Å². The van der Waals surface area contributed by atoms with Crippen LogP contribution in [0, 0.1) is 5.92 Å². The Bertz CT molecular complexity index is 1060. The Labute approximate surface area is 217 Å². The number of aliphatic carboxylic acids is 1. The zero-order chi connectivity index (χ0) is 25.9. The van der Waals surface area contributed by atoms with Gasteiger partial charge in [0.05, 0.1) is 39.0 Å². The minimum absolute atomic E-state index is 0.155. The zero-order valence-electron chi connectivity index (χ0n) is 21.0. The van der Waals surface area contributed by atoms with Crippen molar-refractivity contribution in [1.29, 1.82) is 0 Å². The quantitative estimate of drug-likeness (QED) is 0.355. The monoisotopic (exact) mass is 506 g/mol. The van der Waals surface area contributed by atoms with Crippen LogP contribution in [-0.2, 0) is 48.3 Å². The van der Waals surface area contributed by atoms with E-state index < -0.39 is 36.5 Å². The maximum Gasteiger partial charge on any atom is 0.303 e. The summed E-state index contributed by atoms with van der Waals surface area (Å²) in [6, 6.07) is 29.3. The first kappa shape index (κ1) is 27.0. The standard InChI is InChI=1S/C30H34O7/c1-33-30-29(36-20-24-15-9-4-10-16-24)25(17-27(31)32)28(35-19-23-13-7-3-8-14-23)26(37-30)21-34-18-22-11-5-2-6-12-22/h2-16,25-26,28-30H,17-21H2,1H3,(H,31,32)/t25-,26+,28+,29+,30-/m0/s1. The van der Waals surface area contributed by atoms with Crippen LogP contribution in [0.5, 0.6) is 0 Å². The first-order chi connectivity index (χ1) is 18.1. The Balaban J connectivity index is 1.54. The first-order valence-electron chi connectivity index (χ1n) is 12.5. The second-order valence-electron chi connectivity index (χ2n) is 9.06. The summed E-state index contributed by atoms with van der Waals surface area (Å²) < 4.78 is 30.6. The molecule has 0 unspecified atom stereocenters. The summed E-state index contributed by atoms with van der Waals surface area (Å²) >= 11 is 0. The van der Waals surface area contributed by atoms with Crippen LogP contribution >= 0.6 is 0 Å². The molecule has 1 N–H and O–H groups in total. The van der Waals surface area contributed by atoms with Gasteiger partial charge in [-0.05, 0) is 16.7 Å². The summed E-state index contributed by atoms with van der Waals surface area (Å²) in [5, 5.41) is 9.82. The smallest absolute Gasteiger partial charge is 0.303 e. The molecule has 1 fully saturated rings. The van der Waals surface area contributed by atoms with Crippen molar-refractivity contribution in [1.82, 2.24) is 0 Å². The molecule has 3 aromatic rings. The third-order valence-corrected chi connectivity index (χ3v) is 6.39. The van der Waals surface area contributed by atoms with E-state index in [-0.39, 0.29) is 13.0 Å². The van der Waals surface area contributed by atoms with E-state index in [1.54, 1.807) is 0 Å². The Kier molecular flexibility index (Phi) is 10.2. The van der Waals surface area contributed by atoms with Gasteiger partial charge in [-0.1, -0.05) is 91.0 Å². The zero-order valence-corrected chi connectivity index (χ0v) is 21.0. The van der Waals surface area contributed by atoms with Crippen LogP contribution in [0.3, 0.4) is 0 Å². The Hall–Kier alpha value is -3.07. The van der Waals surface area contributed by atoms with Crippen LogP contribution in [-0.4, -0.2) is 49.4 Å². The summed E-state index contributed by atoms with van der Waals surface area (Å²) in [6.07, 6.45) is -2.70. The molecule has 5 atom stereocenters. The lowest BCUT2D eigenvalue weighted by Crippen LogP contribution is -2.58. The maximum atomic E-state index is 12.0. The molecule has 1 saturated heterocycles. The number of hydrogen-bond donors (Lipinski definition) is 1. The molecule has 7 nitrogen and oxygen atoms in total. The van der Waals surface area contributed by atoms with Crippen molar-refractivity contribution in [3.05, 3.63) is 108 Å². The summed E-state index contributed by atoms with van der Waals surface area (Å²) in [7, 11) is 1.54. The average Bonchev–Trinajstić information content (AvgIpc) is 2.93. The number of carboxylic acid groups (broad SMARTS) is 1. The molecule has 0 aliphatic carbocycles. The maximum absolute atomic E-state index is 12.0. The highest BCUT2D eigenvalue weighted by Crippen LogP contribution is 2.35. The van der Waals surface area contributed by atoms with E-state index in [9.17, 15) is 9.90 Å². The summed E-state index contributed by atoms with van der Waals surface area (Å²) in [4.78, 5) is 12.0. The summed E-state index contributed by atoms with van der Waals surface area (Å²) in [5.41, 5.74) is 2.99. The molecule has 3 aromatic carbocycles. The topological polar surface area (TPSA) is 83.5 Å². The molecule has 7 heteroatoms. The lowest BCUT2D eigenvalue weighted by Gasteiger charge is -2.45. The Morgan fingerprint density at radius 2 is 1.24 bits per heavy atom. The van der Waals surface area contributed by atoms with Gasteiger partial charge in [0.1, 0.15) is 12.2 Å². The van der Waals surface area contributed by atoms with E-state index in [0.717, 1.165) is 16.7 Å². The van der Waals surface area contributed by atoms with Crippen molar-refractivity contribution in [2.75, 3.05) is 13.7 Å². The molecular weight excluding hydrogens is 472 g/mol. The van der Waals surface area contributed by atoms with Gasteiger partial charge < -0.3 is 28.8 Å². The largest absolute Gasteiger partial charge is 0.481 e. The van der Waals surface area contributed by atoms with Crippen molar-refractivity contribution in [2.24, 2.45) is 5.92 Å². The number of methoxy groups -OCH3 is 1. The average molecular weight is 507 g/mol. The minimum atomic E-state index is -0.938. The third kappa shape index (κ3) is 7.95. The molecule has 1 heterocycles. The fourth-order valence-corrected chi connectivity index (χ4v) is 4.58. The summed E-state index contributed by atoms with van der Waals surface area (Å²) in [5.74, 6) is -1.46. The molecule has 196 valence electrons. The van der Waals surface area contributed by atoms with Crippen LogP contribution in [0.1, 0.15) is 23.1 Å². The van der Waals surface area contributed by atoms with Gasteiger partial charge >= 0.3 is 5.97 Å². The van der Waals surface area contributed by atoms with Crippen molar-refractivity contribution >= 4 is 5.97 Å². The summed E-state index contributed by atoms with van der Waals surface area (Å²) in [6.45, 7) is 1.23. The lowest BCUT2D eigenvalue weighted by molar-refractivity contribution is -0.304. The number of rotatable bonds is 13. The number of carbonyl (C=O) groups is 1. The molecule has 0 bridgehead atoms. The number of carboxylic acids is 1. The SMILES string of the molecule is CO[C@H]1O[C@H](COCc2ccccc2)[C@H](OCc2ccccc2)[C@H](CC(=O)O)[C@H]1OCc1ccccc1. The van der Waals surface area contributed by atoms with Crippen molar-refractivity contribution in [2.45, 2.75) is 50.8 Å². The number of benzene rings is 3. The van der Waals surface area contributed by atoms with Gasteiger partial charge in [-0.2, -0.15) is 0 Å². The van der Waals surface area contributed by atoms with E-state index in [1.807, 2.05) is 91.0 Å². The van der Waals surface area contributed by atoms with Crippen LogP contribution in [0.15, 0.2) is 91.0 Å². The molecule has 0 aromatic heterocycles. The van der Waals surface area contributed by atoms with Gasteiger partial charge in [-0.15, -0.1) is 0 Å². The van der Waals surface area contributed by atoms with Gasteiger partial charge in [-0.3, -0.25) is 4.79 Å². The predicted molar refractivity (Wildman–Crippen MR) is 138 cm³/mol. The highest BCUT2D eigenvalue weighted by Gasteiger charge is 2.48. The molecule has 0 amide bonds. The van der Waals surface area contributed by atoms with Gasteiger partial charge in [0, 0.05) is 13.0 Å². The fraction of sp³-hybridized carbons (Fsp3) is 0.367. The minimum Gasteiger partial charge on any atom is -0.481 e. The van der Waals surface area contributed by atoms with Crippen LogP contribution < -0.4 is 0 Å². The van der Waals surface area contributed by atoms with E-state index >= 15 is 0 Å². The van der Waals surface area contributed by atoms with Gasteiger partial charge in [0.25, 0.3) is 0 Å². The Morgan fingerprint density at radius 1 is 0.757 bits per heavy atom. The van der Waals surface area contributed by atoms with Crippen LogP contribution in [0.25, 0.3) is 0 Å².